The molecule has 0 N–H and O–H groups in total. The van der Waals surface area contributed by atoms with Gasteiger partial charge in [0.15, 0.2) is 11.0 Å². The Labute approximate surface area is 127 Å². The number of aromatic nitrogens is 2. The SMILES string of the molecule is CCn1c(CI)[n+](CC)c2ccccc21.[I-]. The van der Waals surface area contributed by atoms with Gasteiger partial charge >= 0.3 is 0 Å². The van der Waals surface area contributed by atoms with Crippen molar-refractivity contribution in [2.75, 3.05) is 0 Å². The van der Waals surface area contributed by atoms with Gasteiger partial charge in [0.05, 0.1) is 13.1 Å². The molecule has 0 aliphatic heterocycles. The molecular weight excluding hydrogens is 426 g/mol. The molecule has 0 aliphatic rings. The average Bonchev–Trinajstić information content (AvgIpc) is 2.61. The van der Waals surface area contributed by atoms with Crippen LogP contribution in [-0.2, 0) is 17.5 Å². The number of benzene rings is 1. The highest BCUT2D eigenvalue weighted by Gasteiger charge is 2.20. The standard InChI is InChI=1S/C12H16IN2.HI/c1-3-14-10-7-5-6-8-11(10)15(4-2)12(14)9-13;/h5-8H,3-4,9H2,1-2H3;1H/q+1;/p-1. The van der Waals surface area contributed by atoms with Crippen LogP contribution in [0.1, 0.15) is 19.7 Å². The van der Waals surface area contributed by atoms with Gasteiger partial charge in [0, 0.05) is 0 Å². The van der Waals surface area contributed by atoms with Crippen LogP contribution in [0.25, 0.3) is 11.0 Å². The van der Waals surface area contributed by atoms with E-state index in [9.17, 15) is 0 Å². The number of nitrogens with zero attached hydrogens (tertiary/aromatic N) is 2. The number of hydrogen-bond acceptors (Lipinski definition) is 0. The summed E-state index contributed by atoms with van der Waals surface area (Å²) in [5.74, 6) is 1.42. The fourth-order valence-electron chi connectivity index (χ4n) is 2.19. The zero-order valence-corrected chi connectivity index (χ0v) is 13.9. The van der Waals surface area contributed by atoms with Gasteiger partial charge in [-0.05, 0) is 26.0 Å². The van der Waals surface area contributed by atoms with Gasteiger partial charge in [-0.1, -0.05) is 34.7 Å². The van der Waals surface area contributed by atoms with Crippen molar-refractivity contribution in [2.24, 2.45) is 0 Å². The molecule has 0 saturated heterocycles. The molecule has 0 amide bonds. The van der Waals surface area contributed by atoms with E-state index in [0.29, 0.717) is 0 Å². The monoisotopic (exact) mass is 442 g/mol. The number of para-hydroxylation sites is 2. The molecule has 2 rings (SSSR count). The minimum Gasteiger partial charge on any atom is -1.00 e. The molecule has 1 aromatic heterocycles. The summed E-state index contributed by atoms with van der Waals surface area (Å²) in [4.78, 5) is 0. The van der Waals surface area contributed by atoms with Crippen LogP contribution in [-0.4, -0.2) is 4.57 Å². The van der Waals surface area contributed by atoms with E-state index in [4.69, 9.17) is 0 Å². The highest BCUT2D eigenvalue weighted by molar-refractivity contribution is 14.1. The Hall–Kier alpha value is 0.150. The maximum atomic E-state index is 2.44. The van der Waals surface area contributed by atoms with Crippen molar-refractivity contribution in [1.82, 2.24) is 4.57 Å². The van der Waals surface area contributed by atoms with Gasteiger partial charge in [-0.3, -0.25) is 0 Å². The molecule has 0 unspecified atom stereocenters. The number of rotatable bonds is 3. The van der Waals surface area contributed by atoms with Crippen molar-refractivity contribution in [2.45, 2.75) is 31.4 Å². The summed E-state index contributed by atoms with van der Waals surface area (Å²) in [5, 5.41) is 0. The third kappa shape index (κ3) is 2.23. The first-order chi connectivity index (χ1) is 7.33. The van der Waals surface area contributed by atoms with E-state index in [-0.39, 0.29) is 24.0 Å². The molecule has 1 aromatic carbocycles. The number of imidazole rings is 1. The van der Waals surface area contributed by atoms with E-state index in [1.165, 1.54) is 16.9 Å². The minimum absolute atomic E-state index is 0. The van der Waals surface area contributed by atoms with Gasteiger partial charge in [0.1, 0.15) is 4.43 Å². The van der Waals surface area contributed by atoms with Crippen LogP contribution in [0.4, 0.5) is 0 Å². The van der Waals surface area contributed by atoms with Gasteiger partial charge in [-0.2, -0.15) is 0 Å². The molecule has 1 heterocycles. The molecular formula is C12H16I2N2. The van der Waals surface area contributed by atoms with Crippen LogP contribution in [0.2, 0.25) is 0 Å². The lowest BCUT2D eigenvalue weighted by molar-refractivity contribution is -0.675. The fraction of sp³-hybridized carbons (Fsp3) is 0.417. The highest BCUT2D eigenvalue weighted by Crippen LogP contribution is 2.16. The molecule has 0 saturated carbocycles. The number of fused-ring (bicyclic) bond motifs is 1. The molecule has 16 heavy (non-hydrogen) atoms. The van der Waals surface area contributed by atoms with Crippen molar-refractivity contribution < 1.29 is 28.5 Å². The molecule has 2 aromatic rings. The summed E-state index contributed by atoms with van der Waals surface area (Å²) in [6, 6.07) is 8.65. The molecule has 0 radical (unpaired) electrons. The quantitative estimate of drug-likeness (QED) is 0.357. The van der Waals surface area contributed by atoms with Crippen molar-refractivity contribution in [3.05, 3.63) is 30.1 Å². The first kappa shape index (κ1) is 14.2. The predicted octanol–water partition coefficient (Wildman–Crippen LogP) is -0.0924. The van der Waals surface area contributed by atoms with Gasteiger partial charge in [-0.15, -0.1) is 0 Å². The predicted molar refractivity (Wildman–Crippen MR) is 71.2 cm³/mol. The highest BCUT2D eigenvalue weighted by atomic mass is 127. The lowest BCUT2D eigenvalue weighted by Gasteiger charge is -1.97. The lowest BCUT2D eigenvalue weighted by atomic mass is 10.3. The number of aryl methyl sites for hydroxylation is 2. The van der Waals surface area contributed by atoms with E-state index in [2.05, 4.69) is 69.8 Å². The molecule has 2 nitrogen and oxygen atoms in total. The Morgan fingerprint density at radius 1 is 1.25 bits per heavy atom. The summed E-state index contributed by atoms with van der Waals surface area (Å²) in [7, 11) is 0. The first-order valence-corrected chi connectivity index (χ1v) is 6.91. The van der Waals surface area contributed by atoms with Crippen LogP contribution in [0.5, 0.6) is 0 Å². The maximum Gasteiger partial charge on any atom is 0.267 e. The second-order valence-corrected chi connectivity index (χ2v) is 4.29. The fourth-order valence-corrected chi connectivity index (χ4v) is 3.02. The summed E-state index contributed by atoms with van der Waals surface area (Å²) in [5.41, 5.74) is 2.71. The van der Waals surface area contributed by atoms with Crippen molar-refractivity contribution in [1.29, 1.82) is 0 Å². The van der Waals surface area contributed by atoms with Crippen LogP contribution in [0.15, 0.2) is 24.3 Å². The molecule has 88 valence electrons. The second kappa shape index (κ2) is 6.18. The molecule has 0 bridgehead atoms. The van der Waals surface area contributed by atoms with E-state index in [1.54, 1.807) is 0 Å². The Morgan fingerprint density at radius 2 is 1.94 bits per heavy atom. The molecule has 0 aliphatic carbocycles. The van der Waals surface area contributed by atoms with E-state index < -0.39 is 0 Å². The Bertz CT molecular complexity index is 436. The van der Waals surface area contributed by atoms with Crippen molar-refractivity contribution in [3.8, 4) is 0 Å². The Kier molecular flexibility index (Phi) is 5.49. The normalized spacial score (nSPS) is 10.4. The summed E-state index contributed by atoms with van der Waals surface area (Å²) >= 11 is 2.44. The first-order valence-electron chi connectivity index (χ1n) is 5.39. The molecule has 0 spiro atoms. The van der Waals surface area contributed by atoms with Gasteiger partial charge in [0.25, 0.3) is 5.82 Å². The zero-order chi connectivity index (χ0) is 10.8. The van der Waals surface area contributed by atoms with Crippen LogP contribution in [0.3, 0.4) is 0 Å². The largest absolute Gasteiger partial charge is 1.00 e. The van der Waals surface area contributed by atoms with Crippen molar-refractivity contribution in [3.63, 3.8) is 0 Å². The minimum atomic E-state index is 0. The van der Waals surface area contributed by atoms with E-state index >= 15 is 0 Å². The smallest absolute Gasteiger partial charge is 0.267 e. The van der Waals surface area contributed by atoms with Gasteiger partial charge < -0.3 is 24.0 Å². The summed E-state index contributed by atoms with van der Waals surface area (Å²) in [6.07, 6.45) is 0. The average molecular weight is 442 g/mol. The van der Waals surface area contributed by atoms with Gasteiger partial charge in [-0.25, -0.2) is 9.13 Å². The molecule has 4 heteroatoms. The molecule has 0 atom stereocenters. The topological polar surface area (TPSA) is 8.81 Å². The van der Waals surface area contributed by atoms with Crippen LogP contribution < -0.4 is 28.5 Å². The number of hydrogen-bond donors (Lipinski definition) is 0. The second-order valence-electron chi connectivity index (χ2n) is 3.53. The third-order valence-electron chi connectivity index (χ3n) is 2.84. The zero-order valence-electron chi connectivity index (χ0n) is 9.58. The lowest BCUT2D eigenvalue weighted by Crippen LogP contribution is -3.00. The van der Waals surface area contributed by atoms with E-state index in [1.807, 2.05) is 0 Å². The number of alkyl halides is 1. The summed E-state index contributed by atoms with van der Waals surface area (Å²) < 4.78 is 5.88. The summed E-state index contributed by atoms with van der Waals surface area (Å²) in [6.45, 7) is 6.52. The van der Waals surface area contributed by atoms with Gasteiger partial charge in [0.2, 0.25) is 0 Å². The van der Waals surface area contributed by atoms with Crippen molar-refractivity contribution >= 4 is 33.6 Å². The van der Waals surface area contributed by atoms with Crippen LogP contribution in [0, 0.1) is 0 Å². The molecule has 0 fully saturated rings. The Morgan fingerprint density at radius 3 is 2.50 bits per heavy atom. The van der Waals surface area contributed by atoms with E-state index in [0.717, 1.165) is 17.5 Å². The Balaban J connectivity index is 0.00000128. The number of halogens is 2. The van der Waals surface area contributed by atoms with Crippen LogP contribution >= 0.6 is 22.6 Å². The third-order valence-corrected chi connectivity index (χ3v) is 3.52. The maximum absolute atomic E-state index is 2.44.